The van der Waals surface area contributed by atoms with Crippen molar-refractivity contribution < 1.29 is 9.84 Å². The zero-order valence-electron chi connectivity index (χ0n) is 10.1. The van der Waals surface area contributed by atoms with Gasteiger partial charge in [0.05, 0.1) is 12.7 Å². The van der Waals surface area contributed by atoms with Crippen molar-refractivity contribution in [3.8, 4) is 0 Å². The van der Waals surface area contributed by atoms with Crippen molar-refractivity contribution in [2.45, 2.75) is 37.7 Å². The van der Waals surface area contributed by atoms with Crippen LogP contribution in [0.5, 0.6) is 0 Å². The van der Waals surface area contributed by atoms with Crippen LogP contribution < -0.4 is 0 Å². The number of hydrogen-bond acceptors (Lipinski definition) is 2. The van der Waals surface area contributed by atoms with Crippen molar-refractivity contribution in [1.29, 1.82) is 0 Å². The van der Waals surface area contributed by atoms with Gasteiger partial charge in [0.25, 0.3) is 0 Å². The molecule has 1 N–H and O–H groups in total. The lowest BCUT2D eigenvalue weighted by Gasteiger charge is -2.30. The summed E-state index contributed by atoms with van der Waals surface area (Å²) in [5, 5.41) is 10.5. The van der Waals surface area contributed by atoms with Gasteiger partial charge in [0.1, 0.15) is 0 Å². The summed E-state index contributed by atoms with van der Waals surface area (Å²) in [6, 6.07) is 8.42. The first kappa shape index (κ1) is 11.2. The lowest BCUT2D eigenvalue weighted by molar-refractivity contribution is 0.0904. The van der Waals surface area contributed by atoms with Crippen molar-refractivity contribution >= 4 is 0 Å². The molecule has 0 aromatic heterocycles. The van der Waals surface area contributed by atoms with Gasteiger partial charge in [-0.15, -0.1) is 0 Å². The molecule has 17 heavy (non-hydrogen) atoms. The standard InChI is InChI=1S/C15H20O2/c16-15(12-8-9-17-10-12)14-7-2-1-6-13(14)11-4-3-5-11/h1-2,6-7,11-12,15-16H,3-5,8-10H2. The van der Waals surface area contributed by atoms with E-state index in [1.54, 1.807) is 0 Å². The molecule has 2 unspecified atom stereocenters. The monoisotopic (exact) mass is 232 g/mol. The molecule has 2 atom stereocenters. The highest BCUT2D eigenvalue weighted by Crippen LogP contribution is 2.41. The molecule has 2 aliphatic rings. The molecule has 1 aromatic rings. The summed E-state index contributed by atoms with van der Waals surface area (Å²) in [5.74, 6) is 0.972. The Labute approximate surface area is 103 Å². The van der Waals surface area contributed by atoms with E-state index < -0.39 is 0 Å². The maximum atomic E-state index is 10.5. The molecule has 0 spiro atoms. The lowest BCUT2D eigenvalue weighted by atomic mass is 9.76. The van der Waals surface area contributed by atoms with Crippen molar-refractivity contribution in [2.75, 3.05) is 13.2 Å². The molecule has 3 rings (SSSR count). The third-order valence-corrected chi connectivity index (χ3v) is 4.27. The van der Waals surface area contributed by atoms with Crippen LogP contribution in [0, 0.1) is 5.92 Å². The van der Waals surface area contributed by atoms with E-state index in [0.29, 0.717) is 12.5 Å². The first-order valence-electron chi connectivity index (χ1n) is 6.71. The second-order valence-electron chi connectivity index (χ2n) is 5.33. The minimum Gasteiger partial charge on any atom is -0.388 e. The largest absolute Gasteiger partial charge is 0.388 e. The Bertz CT molecular complexity index is 378. The van der Waals surface area contributed by atoms with Crippen LogP contribution in [0.4, 0.5) is 0 Å². The first-order chi connectivity index (χ1) is 8.36. The fourth-order valence-electron chi connectivity index (χ4n) is 2.93. The third kappa shape index (κ3) is 2.12. The van der Waals surface area contributed by atoms with Gasteiger partial charge in [0, 0.05) is 12.5 Å². The van der Waals surface area contributed by atoms with E-state index in [2.05, 4.69) is 18.2 Å². The normalized spacial score (nSPS) is 26.8. The third-order valence-electron chi connectivity index (χ3n) is 4.27. The van der Waals surface area contributed by atoms with E-state index in [4.69, 9.17) is 4.74 Å². The molecule has 1 aliphatic carbocycles. The predicted octanol–water partition coefficient (Wildman–Crippen LogP) is 3.02. The lowest BCUT2D eigenvalue weighted by Crippen LogP contribution is -2.18. The molecule has 1 heterocycles. The Morgan fingerprint density at radius 1 is 1.18 bits per heavy atom. The molecular weight excluding hydrogens is 212 g/mol. The van der Waals surface area contributed by atoms with Gasteiger partial charge in [-0.25, -0.2) is 0 Å². The zero-order valence-corrected chi connectivity index (χ0v) is 10.1. The van der Waals surface area contributed by atoms with Crippen LogP contribution in [0.1, 0.15) is 48.8 Å². The average Bonchev–Trinajstić information content (AvgIpc) is 2.80. The number of aliphatic hydroxyl groups excluding tert-OH is 1. The van der Waals surface area contributed by atoms with Gasteiger partial charge >= 0.3 is 0 Å². The molecule has 1 saturated carbocycles. The van der Waals surface area contributed by atoms with Crippen LogP contribution in [0.2, 0.25) is 0 Å². The fourth-order valence-corrected chi connectivity index (χ4v) is 2.93. The topological polar surface area (TPSA) is 29.5 Å². The van der Waals surface area contributed by atoms with E-state index in [-0.39, 0.29) is 12.0 Å². The van der Waals surface area contributed by atoms with Crippen LogP contribution in [-0.4, -0.2) is 18.3 Å². The first-order valence-corrected chi connectivity index (χ1v) is 6.71. The molecule has 0 radical (unpaired) electrons. The summed E-state index contributed by atoms with van der Waals surface area (Å²) in [7, 11) is 0. The molecule has 0 amide bonds. The molecule has 0 bridgehead atoms. The smallest absolute Gasteiger partial charge is 0.0843 e. The van der Waals surface area contributed by atoms with Crippen LogP contribution in [-0.2, 0) is 4.74 Å². The van der Waals surface area contributed by atoms with Gasteiger partial charge in [0.15, 0.2) is 0 Å². The fraction of sp³-hybridized carbons (Fsp3) is 0.600. The number of ether oxygens (including phenoxy) is 1. The van der Waals surface area contributed by atoms with Gasteiger partial charge < -0.3 is 9.84 Å². The second kappa shape index (κ2) is 4.79. The van der Waals surface area contributed by atoms with Crippen LogP contribution in [0.15, 0.2) is 24.3 Å². The van der Waals surface area contributed by atoms with Gasteiger partial charge in [-0.3, -0.25) is 0 Å². The summed E-state index contributed by atoms with van der Waals surface area (Å²) in [6.45, 7) is 1.51. The van der Waals surface area contributed by atoms with Gasteiger partial charge in [-0.2, -0.15) is 0 Å². The Kier molecular flexibility index (Phi) is 3.17. The van der Waals surface area contributed by atoms with Crippen molar-refractivity contribution in [3.05, 3.63) is 35.4 Å². The van der Waals surface area contributed by atoms with Crippen LogP contribution in [0.3, 0.4) is 0 Å². The zero-order chi connectivity index (χ0) is 11.7. The summed E-state index contributed by atoms with van der Waals surface area (Å²) in [4.78, 5) is 0. The van der Waals surface area contributed by atoms with Crippen molar-refractivity contribution in [2.24, 2.45) is 5.92 Å². The van der Waals surface area contributed by atoms with Gasteiger partial charge in [-0.1, -0.05) is 30.7 Å². The van der Waals surface area contributed by atoms with E-state index in [0.717, 1.165) is 18.6 Å². The minimum atomic E-state index is -0.339. The highest BCUT2D eigenvalue weighted by molar-refractivity contribution is 5.33. The van der Waals surface area contributed by atoms with Crippen LogP contribution >= 0.6 is 0 Å². The Morgan fingerprint density at radius 3 is 2.65 bits per heavy atom. The molecule has 1 saturated heterocycles. The van der Waals surface area contributed by atoms with Crippen molar-refractivity contribution in [3.63, 3.8) is 0 Å². The number of benzene rings is 1. The van der Waals surface area contributed by atoms with E-state index in [9.17, 15) is 5.11 Å². The van der Waals surface area contributed by atoms with E-state index in [1.165, 1.54) is 24.8 Å². The SMILES string of the molecule is OC(c1ccccc1C1CCC1)C1CCOC1. The molecule has 92 valence electrons. The summed E-state index contributed by atoms with van der Waals surface area (Å²) in [5.41, 5.74) is 2.52. The quantitative estimate of drug-likeness (QED) is 0.868. The van der Waals surface area contributed by atoms with E-state index in [1.807, 2.05) is 6.07 Å². The molecule has 1 aromatic carbocycles. The summed E-state index contributed by atoms with van der Waals surface area (Å²) < 4.78 is 5.38. The van der Waals surface area contributed by atoms with Gasteiger partial charge in [-0.05, 0) is 36.3 Å². The predicted molar refractivity (Wildman–Crippen MR) is 66.9 cm³/mol. The maximum Gasteiger partial charge on any atom is 0.0843 e. The average molecular weight is 232 g/mol. The molecule has 1 aliphatic heterocycles. The summed E-state index contributed by atoms with van der Waals surface area (Å²) in [6.07, 6.45) is 4.55. The maximum absolute atomic E-state index is 10.5. The number of rotatable bonds is 3. The number of hydrogen-bond donors (Lipinski definition) is 1. The molecule has 2 fully saturated rings. The summed E-state index contributed by atoms with van der Waals surface area (Å²) >= 11 is 0. The van der Waals surface area contributed by atoms with E-state index >= 15 is 0 Å². The van der Waals surface area contributed by atoms with Gasteiger partial charge in [0.2, 0.25) is 0 Å². The molecular formula is C15H20O2. The second-order valence-corrected chi connectivity index (χ2v) is 5.33. The van der Waals surface area contributed by atoms with Crippen molar-refractivity contribution in [1.82, 2.24) is 0 Å². The Balaban J connectivity index is 1.84. The minimum absolute atomic E-state index is 0.288. The number of aliphatic hydroxyl groups is 1. The Hall–Kier alpha value is -0.860. The Morgan fingerprint density at radius 2 is 2.00 bits per heavy atom. The molecule has 2 nitrogen and oxygen atoms in total. The van der Waals surface area contributed by atoms with Crippen LogP contribution in [0.25, 0.3) is 0 Å². The highest BCUT2D eigenvalue weighted by Gasteiger charge is 2.29. The highest BCUT2D eigenvalue weighted by atomic mass is 16.5. The molecule has 2 heteroatoms.